The van der Waals surface area contributed by atoms with Gasteiger partial charge in [-0.15, -0.1) is 0 Å². The SMILES string of the molecule is COCCn1ccnc1[C@@H]1CCCN(S(=O)(=O)N2CCCCCC2)C1. The molecule has 2 aliphatic rings. The molecule has 3 heterocycles. The molecule has 0 N–H and O–H groups in total. The third kappa shape index (κ3) is 4.42. The monoisotopic (exact) mass is 370 g/mol. The lowest BCUT2D eigenvalue weighted by Crippen LogP contribution is -2.48. The molecule has 142 valence electrons. The van der Waals surface area contributed by atoms with E-state index in [1.54, 1.807) is 21.9 Å². The minimum Gasteiger partial charge on any atom is -0.383 e. The zero-order chi connectivity index (χ0) is 17.7. The Balaban J connectivity index is 1.71. The zero-order valence-electron chi connectivity index (χ0n) is 15.1. The van der Waals surface area contributed by atoms with E-state index in [4.69, 9.17) is 4.74 Å². The van der Waals surface area contributed by atoms with Gasteiger partial charge in [0.25, 0.3) is 10.2 Å². The van der Waals surface area contributed by atoms with Gasteiger partial charge < -0.3 is 9.30 Å². The summed E-state index contributed by atoms with van der Waals surface area (Å²) in [5.41, 5.74) is 0. The van der Waals surface area contributed by atoms with Gasteiger partial charge in [-0.1, -0.05) is 12.8 Å². The van der Waals surface area contributed by atoms with Crippen LogP contribution < -0.4 is 0 Å². The summed E-state index contributed by atoms with van der Waals surface area (Å²) >= 11 is 0. The van der Waals surface area contributed by atoms with Crippen molar-refractivity contribution in [2.75, 3.05) is 39.9 Å². The molecule has 7 nitrogen and oxygen atoms in total. The number of rotatable bonds is 6. The highest BCUT2D eigenvalue weighted by molar-refractivity contribution is 7.86. The first-order chi connectivity index (χ1) is 12.1. The van der Waals surface area contributed by atoms with E-state index in [0.717, 1.165) is 50.9 Å². The third-order valence-electron chi connectivity index (χ3n) is 5.25. The molecule has 0 aliphatic carbocycles. The lowest BCUT2D eigenvalue weighted by Gasteiger charge is -2.35. The molecule has 0 radical (unpaired) electrons. The maximum absolute atomic E-state index is 13.1. The first-order valence-corrected chi connectivity index (χ1v) is 10.8. The molecule has 0 aromatic carbocycles. The molecule has 0 unspecified atom stereocenters. The van der Waals surface area contributed by atoms with Gasteiger partial charge in [-0.3, -0.25) is 0 Å². The molecule has 1 aromatic heterocycles. The molecule has 0 saturated carbocycles. The molecule has 2 aliphatic heterocycles. The quantitative estimate of drug-likeness (QED) is 0.766. The van der Waals surface area contributed by atoms with Crippen LogP contribution in [0.3, 0.4) is 0 Å². The second kappa shape index (κ2) is 8.62. The summed E-state index contributed by atoms with van der Waals surface area (Å²) in [7, 11) is -1.67. The molecule has 25 heavy (non-hydrogen) atoms. The fourth-order valence-electron chi connectivity index (χ4n) is 3.86. The van der Waals surface area contributed by atoms with Gasteiger partial charge in [0.1, 0.15) is 5.82 Å². The van der Waals surface area contributed by atoms with Gasteiger partial charge in [-0.05, 0) is 25.7 Å². The van der Waals surface area contributed by atoms with Gasteiger partial charge in [0.15, 0.2) is 0 Å². The van der Waals surface area contributed by atoms with Crippen LogP contribution >= 0.6 is 0 Å². The minimum absolute atomic E-state index is 0.155. The number of hydrogen-bond acceptors (Lipinski definition) is 4. The molecular weight excluding hydrogens is 340 g/mol. The van der Waals surface area contributed by atoms with E-state index in [2.05, 4.69) is 9.55 Å². The van der Waals surface area contributed by atoms with Crippen molar-refractivity contribution in [1.82, 2.24) is 18.2 Å². The topological polar surface area (TPSA) is 67.7 Å². The van der Waals surface area contributed by atoms with E-state index in [9.17, 15) is 8.42 Å². The number of ether oxygens (including phenoxy) is 1. The van der Waals surface area contributed by atoms with Crippen molar-refractivity contribution in [3.05, 3.63) is 18.2 Å². The van der Waals surface area contributed by atoms with Gasteiger partial charge in [0.05, 0.1) is 6.61 Å². The number of methoxy groups -OCH3 is 1. The van der Waals surface area contributed by atoms with E-state index in [-0.39, 0.29) is 5.92 Å². The van der Waals surface area contributed by atoms with Gasteiger partial charge in [-0.2, -0.15) is 17.0 Å². The molecule has 2 saturated heterocycles. The van der Waals surface area contributed by atoms with Crippen LogP contribution in [0, 0.1) is 0 Å². The molecule has 0 bridgehead atoms. The normalized spacial score (nSPS) is 24.3. The van der Waals surface area contributed by atoms with Gasteiger partial charge in [0.2, 0.25) is 0 Å². The minimum atomic E-state index is -3.36. The fourth-order valence-corrected chi connectivity index (χ4v) is 5.63. The first kappa shape index (κ1) is 18.8. The molecule has 1 atom stereocenters. The fraction of sp³-hybridized carbons (Fsp3) is 0.824. The van der Waals surface area contributed by atoms with Crippen molar-refractivity contribution in [2.24, 2.45) is 0 Å². The average Bonchev–Trinajstić information content (AvgIpc) is 2.91. The summed E-state index contributed by atoms with van der Waals surface area (Å²) < 4.78 is 36.8. The number of hydrogen-bond donors (Lipinski definition) is 0. The van der Waals surface area contributed by atoms with Crippen LogP contribution in [0.1, 0.15) is 50.3 Å². The second-order valence-corrected chi connectivity index (χ2v) is 8.92. The Kier molecular flexibility index (Phi) is 6.49. The van der Waals surface area contributed by atoms with Gasteiger partial charge in [-0.25, -0.2) is 4.98 Å². The molecule has 0 amide bonds. The number of piperidine rings is 1. The third-order valence-corrected chi connectivity index (χ3v) is 7.25. The highest BCUT2D eigenvalue weighted by Gasteiger charge is 2.35. The van der Waals surface area contributed by atoms with Crippen molar-refractivity contribution < 1.29 is 13.2 Å². The van der Waals surface area contributed by atoms with Crippen LogP contribution in [0.15, 0.2) is 12.4 Å². The Labute approximate surface area is 151 Å². The average molecular weight is 371 g/mol. The van der Waals surface area contributed by atoms with Crippen LogP contribution in [-0.2, 0) is 21.5 Å². The number of imidazole rings is 1. The van der Waals surface area contributed by atoms with Crippen LogP contribution in [-0.4, -0.2) is 66.5 Å². The lowest BCUT2D eigenvalue weighted by molar-refractivity contribution is 0.184. The summed E-state index contributed by atoms with van der Waals surface area (Å²) in [5, 5.41) is 0. The van der Waals surface area contributed by atoms with Crippen molar-refractivity contribution in [2.45, 2.75) is 51.0 Å². The molecular formula is C17H30N4O3S. The van der Waals surface area contributed by atoms with Crippen LogP contribution in [0.2, 0.25) is 0 Å². The Bertz CT molecular complexity index is 638. The Hall–Kier alpha value is -0.960. The summed E-state index contributed by atoms with van der Waals surface area (Å²) in [4.78, 5) is 4.51. The van der Waals surface area contributed by atoms with Crippen molar-refractivity contribution in [1.29, 1.82) is 0 Å². The second-order valence-electron chi connectivity index (χ2n) is 6.99. The Morgan fingerprint density at radius 2 is 1.84 bits per heavy atom. The van der Waals surface area contributed by atoms with Gasteiger partial charge >= 0.3 is 0 Å². The van der Waals surface area contributed by atoms with E-state index < -0.39 is 10.2 Å². The standard InChI is InChI=1S/C17H30N4O3S/c1-24-14-13-19-12-8-18-17(19)16-7-6-11-21(15-16)25(22,23)20-9-4-2-3-5-10-20/h8,12,16H,2-7,9-11,13-15H2,1H3/t16-/m1/s1. The molecule has 3 rings (SSSR count). The predicted octanol–water partition coefficient (Wildman–Crippen LogP) is 1.83. The van der Waals surface area contributed by atoms with Crippen LogP contribution in [0.4, 0.5) is 0 Å². The number of aromatic nitrogens is 2. The largest absolute Gasteiger partial charge is 0.383 e. The highest BCUT2D eigenvalue weighted by Crippen LogP contribution is 2.29. The lowest BCUT2D eigenvalue weighted by atomic mass is 9.99. The smallest absolute Gasteiger partial charge is 0.281 e. The van der Waals surface area contributed by atoms with Crippen molar-refractivity contribution in [3.8, 4) is 0 Å². The maximum atomic E-state index is 13.1. The van der Waals surface area contributed by atoms with Crippen molar-refractivity contribution >= 4 is 10.2 Å². The van der Waals surface area contributed by atoms with E-state index >= 15 is 0 Å². The first-order valence-electron chi connectivity index (χ1n) is 9.38. The molecule has 2 fully saturated rings. The van der Waals surface area contributed by atoms with Gasteiger partial charge in [0, 0.05) is 58.1 Å². The highest BCUT2D eigenvalue weighted by atomic mass is 32.2. The maximum Gasteiger partial charge on any atom is 0.281 e. The summed E-state index contributed by atoms with van der Waals surface area (Å²) in [6.45, 7) is 3.85. The summed E-state index contributed by atoms with van der Waals surface area (Å²) in [6, 6.07) is 0. The Morgan fingerprint density at radius 1 is 1.12 bits per heavy atom. The molecule has 1 aromatic rings. The van der Waals surface area contributed by atoms with Crippen LogP contribution in [0.5, 0.6) is 0 Å². The van der Waals surface area contributed by atoms with E-state index in [0.29, 0.717) is 32.8 Å². The van der Waals surface area contributed by atoms with Crippen molar-refractivity contribution in [3.63, 3.8) is 0 Å². The molecule has 0 spiro atoms. The van der Waals surface area contributed by atoms with Crippen LogP contribution in [0.25, 0.3) is 0 Å². The Morgan fingerprint density at radius 3 is 2.56 bits per heavy atom. The van der Waals surface area contributed by atoms with E-state index in [1.165, 1.54) is 0 Å². The summed E-state index contributed by atoms with van der Waals surface area (Å²) in [5.74, 6) is 1.13. The predicted molar refractivity (Wildman–Crippen MR) is 96.6 cm³/mol. The molecule has 8 heteroatoms. The summed E-state index contributed by atoms with van der Waals surface area (Å²) in [6.07, 6.45) is 9.82. The zero-order valence-corrected chi connectivity index (χ0v) is 16.0. The number of nitrogens with zero attached hydrogens (tertiary/aromatic N) is 4. The van der Waals surface area contributed by atoms with E-state index in [1.807, 2.05) is 6.20 Å².